The third-order valence-electron chi connectivity index (χ3n) is 1.64. The molecule has 1 aromatic rings. The zero-order chi connectivity index (χ0) is 9.52. The molecule has 4 heteroatoms. The van der Waals surface area contributed by atoms with Gasteiger partial charge in [-0.1, -0.05) is 19.8 Å². The third kappa shape index (κ3) is 3.68. The fourth-order valence-corrected chi connectivity index (χ4v) is 1.05. The van der Waals surface area contributed by atoms with Gasteiger partial charge in [-0.25, -0.2) is 0 Å². The smallest absolute Gasteiger partial charge is 0.393 e. The molecule has 74 valence electrons. The molecular formula is C9H14ClNO2. The van der Waals surface area contributed by atoms with Gasteiger partial charge in [0.1, 0.15) is 6.26 Å². The number of alkyl halides is 1. The lowest BCUT2D eigenvalue weighted by Gasteiger charge is -1.98. The largest absolute Gasteiger partial charge is 0.450 e. The fourth-order valence-electron chi connectivity index (χ4n) is 0.928. The Morgan fingerprint density at radius 1 is 1.54 bits per heavy atom. The van der Waals surface area contributed by atoms with Gasteiger partial charge in [0, 0.05) is 0 Å². The molecule has 0 spiro atoms. The van der Waals surface area contributed by atoms with Crippen LogP contribution in [0.3, 0.4) is 0 Å². The van der Waals surface area contributed by atoms with Crippen molar-refractivity contribution in [3.63, 3.8) is 0 Å². The maximum atomic E-state index is 5.55. The fraction of sp³-hybridized carbons (Fsp3) is 0.667. The van der Waals surface area contributed by atoms with Crippen LogP contribution >= 0.6 is 11.6 Å². The van der Waals surface area contributed by atoms with Crippen LogP contribution in [0.15, 0.2) is 10.7 Å². The summed E-state index contributed by atoms with van der Waals surface area (Å²) in [5.74, 6) is 0.363. The molecule has 0 bridgehead atoms. The second kappa shape index (κ2) is 5.86. The second-order valence-corrected chi connectivity index (χ2v) is 3.06. The highest BCUT2D eigenvalue weighted by atomic mass is 35.5. The summed E-state index contributed by atoms with van der Waals surface area (Å²) in [5, 5.41) is 0. The van der Waals surface area contributed by atoms with Crippen LogP contribution in [0.25, 0.3) is 0 Å². The number of hydrogen-bond acceptors (Lipinski definition) is 3. The van der Waals surface area contributed by atoms with Gasteiger partial charge in [0.25, 0.3) is 0 Å². The lowest BCUT2D eigenvalue weighted by molar-refractivity contribution is 0.225. The van der Waals surface area contributed by atoms with Crippen LogP contribution in [-0.2, 0) is 5.88 Å². The minimum atomic E-state index is 0.326. The molecule has 3 nitrogen and oxygen atoms in total. The molecule has 0 aliphatic rings. The van der Waals surface area contributed by atoms with Crippen molar-refractivity contribution < 1.29 is 9.15 Å². The molecular weight excluding hydrogens is 190 g/mol. The van der Waals surface area contributed by atoms with E-state index in [0.29, 0.717) is 24.3 Å². The lowest BCUT2D eigenvalue weighted by Crippen LogP contribution is -1.97. The Morgan fingerprint density at radius 2 is 2.38 bits per heavy atom. The molecule has 0 aromatic carbocycles. The average molecular weight is 204 g/mol. The first-order valence-electron chi connectivity index (χ1n) is 4.50. The van der Waals surface area contributed by atoms with Crippen molar-refractivity contribution in [2.75, 3.05) is 6.61 Å². The van der Waals surface area contributed by atoms with Crippen molar-refractivity contribution in [2.45, 2.75) is 32.1 Å². The Labute approximate surface area is 83.1 Å². The van der Waals surface area contributed by atoms with E-state index in [4.69, 9.17) is 20.8 Å². The number of aromatic nitrogens is 1. The van der Waals surface area contributed by atoms with E-state index < -0.39 is 0 Å². The molecule has 1 rings (SSSR count). The summed E-state index contributed by atoms with van der Waals surface area (Å²) in [6.45, 7) is 2.81. The summed E-state index contributed by atoms with van der Waals surface area (Å²) in [6, 6.07) is 0. The third-order valence-corrected chi connectivity index (χ3v) is 1.91. The van der Waals surface area contributed by atoms with Crippen LogP contribution in [0.4, 0.5) is 0 Å². The first kappa shape index (κ1) is 10.4. The van der Waals surface area contributed by atoms with E-state index in [0.717, 1.165) is 6.42 Å². The van der Waals surface area contributed by atoms with Crippen molar-refractivity contribution in [2.24, 2.45) is 0 Å². The SMILES string of the molecule is CCCCCOc1nc(CCl)co1. The number of nitrogens with zero attached hydrogens (tertiary/aromatic N) is 1. The van der Waals surface area contributed by atoms with Crippen LogP contribution in [0.1, 0.15) is 31.9 Å². The molecule has 1 aromatic heterocycles. The van der Waals surface area contributed by atoms with E-state index in [1.165, 1.54) is 19.1 Å². The van der Waals surface area contributed by atoms with Crippen LogP contribution in [0.2, 0.25) is 0 Å². The molecule has 0 aliphatic heterocycles. The standard InChI is InChI=1S/C9H14ClNO2/c1-2-3-4-5-12-9-11-8(6-10)7-13-9/h7H,2-6H2,1H3. The number of unbranched alkanes of at least 4 members (excludes halogenated alkanes) is 2. The van der Waals surface area contributed by atoms with Gasteiger partial charge in [-0.05, 0) is 6.42 Å². The van der Waals surface area contributed by atoms with E-state index in [1.54, 1.807) is 0 Å². The predicted molar refractivity (Wildman–Crippen MR) is 51.1 cm³/mol. The lowest BCUT2D eigenvalue weighted by atomic mass is 10.3. The number of ether oxygens (including phenoxy) is 1. The van der Waals surface area contributed by atoms with Gasteiger partial charge >= 0.3 is 6.08 Å². The first-order valence-corrected chi connectivity index (χ1v) is 5.03. The van der Waals surface area contributed by atoms with Gasteiger partial charge in [0.05, 0.1) is 18.2 Å². The quantitative estimate of drug-likeness (QED) is 0.527. The number of rotatable bonds is 6. The van der Waals surface area contributed by atoms with Crippen molar-refractivity contribution in [3.05, 3.63) is 12.0 Å². The number of halogens is 1. The topological polar surface area (TPSA) is 35.3 Å². The highest BCUT2D eigenvalue weighted by Crippen LogP contribution is 2.12. The van der Waals surface area contributed by atoms with E-state index >= 15 is 0 Å². The minimum absolute atomic E-state index is 0.326. The predicted octanol–water partition coefficient (Wildman–Crippen LogP) is 2.98. The van der Waals surface area contributed by atoms with Gasteiger partial charge in [0.15, 0.2) is 0 Å². The van der Waals surface area contributed by atoms with Crippen molar-refractivity contribution in [1.82, 2.24) is 4.98 Å². The molecule has 0 saturated carbocycles. The van der Waals surface area contributed by atoms with Gasteiger partial charge in [-0.3, -0.25) is 0 Å². The summed E-state index contributed by atoms with van der Waals surface area (Å²) < 4.78 is 10.3. The van der Waals surface area contributed by atoms with E-state index in [2.05, 4.69) is 11.9 Å². The Bertz CT molecular complexity index is 237. The highest BCUT2D eigenvalue weighted by molar-refractivity contribution is 6.16. The maximum Gasteiger partial charge on any atom is 0.393 e. The highest BCUT2D eigenvalue weighted by Gasteiger charge is 2.02. The van der Waals surface area contributed by atoms with Crippen molar-refractivity contribution in [1.29, 1.82) is 0 Å². The molecule has 0 unspecified atom stereocenters. The van der Waals surface area contributed by atoms with E-state index in [1.807, 2.05) is 0 Å². The van der Waals surface area contributed by atoms with Gasteiger partial charge in [0.2, 0.25) is 0 Å². The van der Waals surface area contributed by atoms with Gasteiger partial charge in [-0.15, -0.1) is 11.6 Å². The molecule has 0 fully saturated rings. The minimum Gasteiger partial charge on any atom is -0.450 e. The Hall–Kier alpha value is -0.700. The summed E-state index contributed by atoms with van der Waals surface area (Å²) in [5.41, 5.74) is 0.715. The Balaban J connectivity index is 2.20. The Kier molecular flexibility index (Phi) is 4.68. The van der Waals surface area contributed by atoms with Crippen LogP contribution < -0.4 is 4.74 Å². The molecule has 13 heavy (non-hydrogen) atoms. The molecule has 0 aliphatic carbocycles. The Morgan fingerprint density at radius 3 is 3.00 bits per heavy atom. The summed E-state index contributed by atoms with van der Waals surface area (Å²) >= 11 is 5.55. The number of oxazole rings is 1. The summed E-state index contributed by atoms with van der Waals surface area (Å²) in [4.78, 5) is 4.01. The molecule has 0 amide bonds. The van der Waals surface area contributed by atoms with Crippen LogP contribution in [0, 0.1) is 0 Å². The monoisotopic (exact) mass is 203 g/mol. The average Bonchev–Trinajstić information content (AvgIpc) is 2.60. The van der Waals surface area contributed by atoms with Gasteiger partial charge in [-0.2, -0.15) is 4.98 Å². The van der Waals surface area contributed by atoms with Crippen LogP contribution in [-0.4, -0.2) is 11.6 Å². The summed E-state index contributed by atoms with van der Waals surface area (Å²) in [7, 11) is 0. The molecule has 1 heterocycles. The normalized spacial score (nSPS) is 10.3. The molecule has 0 saturated heterocycles. The molecule has 0 radical (unpaired) electrons. The van der Waals surface area contributed by atoms with Crippen molar-refractivity contribution in [3.8, 4) is 6.08 Å². The van der Waals surface area contributed by atoms with Gasteiger partial charge < -0.3 is 9.15 Å². The molecule has 0 atom stereocenters. The molecule has 0 N–H and O–H groups in total. The van der Waals surface area contributed by atoms with Crippen LogP contribution in [0.5, 0.6) is 6.08 Å². The van der Waals surface area contributed by atoms with E-state index in [9.17, 15) is 0 Å². The first-order chi connectivity index (χ1) is 6.36. The zero-order valence-electron chi connectivity index (χ0n) is 7.75. The zero-order valence-corrected chi connectivity index (χ0v) is 8.51. The van der Waals surface area contributed by atoms with E-state index in [-0.39, 0.29) is 0 Å². The van der Waals surface area contributed by atoms with Crippen molar-refractivity contribution >= 4 is 11.6 Å². The maximum absolute atomic E-state index is 5.55. The second-order valence-electron chi connectivity index (χ2n) is 2.79. The number of hydrogen-bond donors (Lipinski definition) is 0. The summed E-state index contributed by atoms with van der Waals surface area (Å²) in [6.07, 6.45) is 5.23.